The first-order valence-corrected chi connectivity index (χ1v) is 4.42. The summed E-state index contributed by atoms with van der Waals surface area (Å²) in [5.41, 5.74) is 0. The van der Waals surface area contributed by atoms with Crippen LogP contribution in [0.3, 0.4) is 0 Å². The lowest BCUT2D eigenvalue weighted by Gasteiger charge is -2.36. The maximum Gasteiger partial charge on any atom is 0.0884 e. The smallest absolute Gasteiger partial charge is 0.0884 e. The van der Waals surface area contributed by atoms with Gasteiger partial charge in [0.1, 0.15) is 0 Å². The van der Waals surface area contributed by atoms with Gasteiger partial charge in [-0.15, -0.1) is 0 Å². The molecule has 1 rings (SSSR count). The fourth-order valence-corrected chi connectivity index (χ4v) is 1.86. The molecule has 0 bridgehead atoms. The van der Waals surface area contributed by atoms with Gasteiger partial charge in [-0.05, 0) is 25.7 Å². The third-order valence-electron chi connectivity index (χ3n) is 2.67. The molecular formula is C9H24BN. The summed E-state index contributed by atoms with van der Waals surface area (Å²) < 4.78 is 1.17. The van der Waals surface area contributed by atoms with Gasteiger partial charge in [-0.25, -0.2) is 0 Å². The Bertz CT molecular complexity index is 101. The first-order chi connectivity index (χ1) is 4.61. The van der Waals surface area contributed by atoms with E-state index in [0.29, 0.717) is 0 Å². The minimum absolute atomic E-state index is 0. The second-order valence-electron chi connectivity index (χ2n) is 4.41. The van der Waals surface area contributed by atoms with Crippen molar-refractivity contribution in [2.45, 2.75) is 38.1 Å². The SMILES string of the molecule is C[N+](C)(C)C1CCCCC1.[BH4-]. The molecule has 0 aromatic carbocycles. The van der Waals surface area contributed by atoms with Gasteiger partial charge >= 0.3 is 0 Å². The van der Waals surface area contributed by atoms with E-state index in [1.807, 2.05) is 0 Å². The average molecular weight is 157 g/mol. The van der Waals surface area contributed by atoms with E-state index in [0.717, 1.165) is 6.04 Å². The lowest BCUT2D eigenvalue weighted by atomic mass is 9.94. The molecule has 68 valence electrons. The summed E-state index contributed by atoms with van der Waals surface area (Å²) in [6.45, 7) is 0. The minimum Gasteiger partial charge on any atom is -0.328 e. The Labute approximate surface area is 72.9 Å². The van der Waals surface area contributed by atoms with Crippen molar-refractivity contribution in [1.82, 2.24) is 0 Å². The highest BCUT2D eigenvalue weighted by atomic mass is 15.3. The molecule has 0 aromatic heterocycles. The van der Waals surface area contributed by atoms with Gasteiger partial charge in [-0.2, -0.15) is 0 Å². The lowest BCUT2D eigenvalue weighted by Crippen LogP contribution is -2.45. The van der Waals surface area contributed by atoms with Crippen molar-refractivity contribution in [2.24, 2.45) is 0 Å². The number of hydrogen-bond acceptors (Lipinski definition) is 0. The molecule has 0 atom stereocenters. The van der Waals surface area contributed by atoms with E-state index < -0.39 is 0 Å². The van der Waals surface area contributed by atoms with E-state index in [4.69, 9.17) is 0 Å². The first-order valence-electron chi connectivity index (χ1n) is 4.42. The fraction of sp³-hybridized carbons (Fsp3) is 1.00. The fourth-order valence-electron chi connectivity index (χ4n) is 1.86. The van der Waals surface area contributed by atoms with Crippen LogP contribution >= 0.6 is 0 Å². The topological polar surface area (TPSA) is 0 Å². The van der Waals surface area contributed by atoms with Crippen LogP contribution in [0.4, 0.5) is 0 Å². The summed E-state index contributed by atoms with van der Waals surface area (Å²) >= 11 is 0. The Morgan fingerprint density at radius 3 is 1.64 bits per heavy atom. The van der Waals surface area contributed by atoms with Gasteiger partial charge in [0.25, 0.3) is 0 Å². The molecule has 0 amide bonds. The van der Waals surface area contributed by atoms with Crippen LogP contribution in [-0.2, 0) is 0 Å². The highest BCUT2D eigenvalue weighted by molar-refractivity contribution is 5.75. The van der Waals surface area contributed by atoms with Gasteiger partial charge in [0, 0.05) is 0 Å². The minimum atomic E-state index is 0. The number of rotatable bonds is 1. The first kappa shape index (κ1) is 11.0. The van der Waals surface area contributed by atoms with Gasteiger partial charge in [-0.1, -0.05) is 14.8 Å². The van der Waals surface area contributed by atoms with Crippen LogP contribution in [0.1, 0.15) is 32.1 Å². The van der Waals surface area contributed by atoms with Crippen LogP contribution in [-0.4, -0.2) is 40.1 Å². The van der Waals surface area contributed by atoms with Gasteiger partial charge in [0.2, 0.25) is 0 Å². The molecule has 11 heavy (non-hydrogen) atoms. The van der Waals surface area contributed by atoms with E-state index in [1.54, 1.807) is 0 Å². The number of hydrogen-bond donors (Lipinski definition) is 0. The van der Waals surface area contributed by atoms with Gasteiger partial charge in [-0.3, -0.25) is 0 Å². The Kier molecular flexibility index (Phi) is 4.16. The summed E-state index contributed by atoms with van der Waals surface area (Å²) in [4.78, 5) is 0. The normalized spacial score (nSPS) is 21.0. The molecule has 0 unspecified atom stereocenters. The van der Waals surface area contributed by atoms with Gasteiger partial charge in [0.05, 0.1) is 27.2 Å². The Hall–Kier alpha value is 0.0249. The molecule has 1 aliphatic rings. The van der Waals surface area contributed by atoms with Crippen LogP contribution in [0.15, 0.2) is 0 Å². The number of nitrogens with zero attached hydrogens (tertiary/aromatic N) is 1. The second-order valence-corrected chi connectivity index (χ2v) is 4.41. The monoisotopic (exact) mass is 157 g/mol. The molecule has 1 saturated carbocycles. The van der Waals surface area contributed by atoms with Crippen LogP contribution < -0.4 is 0 Å². The Morgan fingerprint density at radius 1 is 0.909 bits per heavy atom. The van der Waals surface area contributed by atoms with Crippen molar-refractivity contribution in [2.75, 3.05) is 21.1 Å². The van der Waals surface area contributed by atoms with E-state index in [9.17, 15) is 0 Å². The molecule has 0 spiro atoms. The van der Waals surface area contributed by atoms with Gasteiger partial charge < -0.3 is 4.48 Å². The predicted octanol–water partition coefficient (Wildman–Crippen LogP) is 0.574. The van der Waals surface area contributed by atoms with Crippen molar-refractivity contribution >= 4 is 8.41 Å². The van der Waals surface area contributed by atoms with Crippen LogP contribution in [0, 0.1) is 0 Å². The summed E-state index contributed by atoms with van der Waals surface area (Å²) in [5, 5.41) is 0. The zero-order valence-electron chi connectivity index (χ0n) is 7.56. The molecule has 0 aromatic rings. The van der Waals surface area contributed by atoms with Gasteiger partial charge in [0.15, 0.2) is 0 Å². The van der Waals surface area contributed by atoms with Crippen molar-refractivity contribution in [3.8, 4) is 0 Å². The summed E-state index contributed by atoms with van der Waals surface area (Å²) in [5.74, 6) is 0. The van der Waals surface area contributed by atoms with Crippen molar-refractivity contribution in [3.05, 3.63) is 0 Å². The average Bonchev–Trinajstić information content (AvgIpc) is 1.88. The predicted molar refractivity (Wildman–Crippen MR) is 56.2 cm³/mol. The lowest BCUT2D eigenvalue weighted by molar-refractivity contribution is -0.897. The molecule has 1 aliphatic carbocycles. The molecule has 0 radical (unpaired) electrons. The molecule has 0 N–H and O–H groups in total. The zero-order chi connectivity index (χ0) is 7.61. The van der Waals surface area contributed by atoms with Crippen molar-refractivity contribution < 1.29 is 4.48 Å². The summed E-state index contributed by atoms with van der Waals surface area (Å²) in [7, 11) is 6.95. The summed E-state index contributed by atoms with van der Waals surface area (Å²) in [6.07, 6.45) is 7.28. The largest absolute Gasteiger partial charge is 0.328 e. The molecule has 1 fully saturated rings. The Morgan fingerprint density at radius 2 is 1.36 bits per heavy atom. The maximum absolute atomic E-state index is 2.32. The van der Waals surface area contributed by atoms with E-state index in [-0.39, 0.29) is 8.41 Å². The van der Waals surface area contributed by atoms with Crippen molar-refractivity contribution in [1.29, 1.82) is 0 Å². The van der Waals surface area contributed by atoms with Crippen LogP contribution in [0.5, 0.6) is 0 Å². The summed E-state index contributed by atoms with van der Waals surface area (Å²) in [6, 6.07) is 0.939. The molecule has 2 heteroatoms. The standard InChI is InChI=1S/C9H20N.BH4/c1-10(2,3)9-7-5-4-6-8-9;/h9H,4-8H2,1-3H3;1H4/q+1;-1. The highest BCUT2D eigenvalue weighted by Gasteiger charge is 2.24. The third-order valence-corrected chi connectivity index (χ3v) is 2.67. The molecular weight excluding hydrogens is 133 g/mol. The Balaban J connectivity index is 0.000001000. The molecule has 0 aliphatic heterocycles. The molecule has 0 saturated heterocycles. The number of quaternary nitrogens is 1. The van der Waals surface area contributed by atoms with E-state index >= 15 is 0 Å². The van der Waals surface area contributed by atoms with E-state index in [2.05, 4.69) is 21.1 Å². The molecule has 1 nitrogen and oxygen atoms in total. The maximum atomic E-state index is 2.32. The van der Waals surface area contributed by atoms with Crippen LogP contribution in [0.2, 0.25) is 0 Å². The molecule has 0 heterocycles. The zero-order valence-corrected chi connectivity index (χ0v) is 7.56. The van der Waals surface area contributed by atoms with Crippen LogP contribution in [0.25, 0.3) is 0 Å². The van der Waals surface area contributed by atoms with Crippen molar-refractivity contribution in [3.63, 3.8) is 0 Å². The quantitative estimate of drug-likeness (QED) is 0.385. The third kappa shape index (κ3) is 3.28. The van der Waals surface area contributed by atoms with E-state index in [1.165, 1.54) is 36.6 Å². The highest BCUT2D eigenvalue weighted by Crippen LogP contribution is 2.23. The second kappa shape index (κ2) is 4.15.